The molecule has 0 spiro atoms. The minimum absolute atomic E-state index is 0.346. The van der Waals surface area contributed by atoms with E-state index >= 15 is 0 Å². The molecule has 1 aliphatic carbocycles. The molecule has 1 saturated heterocycles. The molecule has 1 aromatic carbocycles. The van der Waals surface area contributed by atoms with E-state index in [4.69, 9.17) is 10.2 Å². The van der Waals surface area contributed by atoms with Crippen molar-refractivity contribution in [2.75, 3.05) is 5.32 Å². The first-order valence-corrected chi connectivity index (χ1v) is 12.1. The normalized spacial score (nSPS) is 17.3. The Hall–Kier alpha value is -3.43. The summed E-state index contributed by atoms with van der Waals surface area (Å²) in [6.45, 7) is 0.564. The van der Waals surface area contributed by atoms with Gasteiger partial charge in [-0.05, 0) is 60.5 Å². The lowest BCUT2D eigenvalue weighted by molar-refractivity contribution is -0.115. The number of carbonyl (C=O) groups excluding carboxylic acids is 2. The highest BCUT2D eigenvalue weighted by Crippen LogP contribution is 2.25. The Balaban J connectivity index is 0.000000180. The van der Waals surface area contributed by atoms with Gasteiger partial charge in [0.15, 0.2) is 0 Å². The SMILES string of the molecule is NCc1cccc(-c2ccco2)c1.O=C1NC(=O)/C(=C/c2ccnc(NC3CCCCC3)n2)S1. The number of carbonyl (C=O) groups is 2. The highest BCUT2D eigenvalue weighted by molar-refractivity contribution is 8.18. The molecular formula is C25H27N5O3S. The summed E-state index contributed by atoms with van der Waals surface area (Å²) in [7, 11) is 0. The Kier molecular flexibility index (Phi) is 8.11. The van der Waals surface area contributed by atoms with Crippen molar-refractivity contribution in [2.24, 2.45) is 5.73 Å². The van der Waals surface area contributed by atoms with Crippen molar-refractivity contribution in [1.29, 1.82) is 0 Å². The van der Waals surface area contributed by atoms with Crippen LogP contribution in [0.5, 0.6) is 0 Å². The second-order valence-electron chi connectivity index (χ2n) is 8.02. The zero-order chi connectivity index (χ0) is 23.8. The summed E-state index contributed by atoms with van der Waals surface area (Å²) < 4.78 is 5.28. The van der Waals surface area contributed by atoms with Crippen molar-refractivity contribution in [2.45, 2.75) is 44.7 Å². The number of hydrogen-bond acceptors (Lipinski definition) is 8. The number of benzene rings is 1. The summed E-state index contributed by atoms with van der Waals surface area (Å²) in [4.78, 5) is 31.6. The number of rotatable bonds is 5. The Labute approximate surface area is 202 Å². The number of anilines is 1. The van der Waals surface area contributed by atoms with Crippen LogP contribution in [0.3, 0.4) is 0 Å². The van der Waals surface area contributed by atoms with Crippen molar-refractivity contribution in [3.63, 3.8) is 0 Å². The summed E-state index contributed by atoms with van der Waals surface area (Å²) in [5.74, 6) is 1.09. The second kappa shape index (κ2) is 11.6. The van der Waals surface area contributed by atoms with Gasteiger partial charge in [-0.1, -0.05) is 37.5 Å². The molecule has 0 unspecified atom stereocenters. The van der Waals surface area contributed by atoms with Gasteiger partial charge in [-0.25, -0.2) is 9.97 Å². The first-order valence-electron chi connectivity index (χ1n) is 11.3. The zero-order valence-corrected chi connectivity index (χ0v) is 19.5. The van der Waals surface area contributed by atoms with Crippen LogP contribution in [0.1, 0.15) is 43.4 Å². The Morgan fingerprint density at radius 3 is 2.71 bits per heavy atom. The third kappa shape index (κ3) is 6.55. The number of nitrogens with two attached hydrogens (primary N) is 1. The number of aromatic nitrogens is 2. The fourth-order valence-electron chi connectivity index (χ4n) is 3.80. The second-order valence-corrected chi connectivity index (χ2v) is 9.03. The third-order valence-corrected chi connectivity index (χ3v) is 6.32. The molecule has 5 rings (SSSR count). The van der Waals surface area contributed by atoms with Crippen LogP contribution in [0.4, 0.5) is 10.7 Å². The molecule has 8 nitrogen and oxygen atoms in total. The van der Waals surface area contributed by atoms with Gasteiger partial charge in [-0.3, -0.25) is 14.9 Å². The first-order chi connectivity index (χ1) is 16.6. The molecule has 0 atom stereocenters. The molecule has 2 aromatic heterocycles. The number of amides is 2. The fraction of sp³-hybridized carbons (Fsp3) is 0.280. The molecule has 1 saturated carbocycles. The van der Waals surface area contributed by atoms with Crippen molar-refractivity contribution >= 4 is 34.9 Å². The Bertz CT molecular complexity index is 1160. The highest BCUT2D eigenvalue weighted by Gasteiger charge is 2.25. The number of thioether (sulfide) groups is 1. The molecule has 3 aromatic rings. The van der Waals surface area contributed by atoms with Gasteiger partial charge >= 0.3 is 0 Å². The minimum Gasteiger partial charge on any atom is -0.464 e. The molecule has 176 valence electrons. The molecular weight excluding hydrogens is 450 g/mol. The average molecular weight is 478 g/mol. The topological polar surface area (TPSA) is 123 Å². The fourth-order valence-corrected chi connectivity index (χ4v) is 4.47. The van der Waals surface area contributed by atoms with Gasteiger partial charge in [0.05, 0.1) is 16.9 Å². The zero-order valence-electron chi connectivity index (χ0n) is 18.7. The molecule has 34 heavy (non-hydrogen) atoms. The van der Waals surface area contributed by atoms with Gasteiger partial charge in [0.25, 0.3) is 11.1 Å². The van der Waals surface area contributed by atoms with Crippen LogP contribution in [-0.4, -0.2) is 27.2 Å². The summed E-state index contributed by atoms with van der Waals surface area (Å²) in [6.07, 6.45) is 11.0. The molecule has 4 N–H and O–H groups in total. The van der Waals surface area contributed by atoms with E-state index in [1.54, 1.807) is 24.6 Å². The van der Waals surface area contributed by atoms with Gasteiger partial charge in [-0.2, -0.15) is 0 Å². The highest BCUT2D eigenvalue weighted by atomic mass is 32.2. The first kappa shape index (κ1) is 23.7. The monoisotopic (exact) mass is 477 g/mol. The van der Waals surface area contributed by atoms with E-state index in [2.05, 4.69) is 20.6 Å². The summed E-state index contributed by atoms with van der Waals surface area (Å²) in [6, 6.07) is 14.0. The van der Waals surface area contributed by atoms with Crippen LogP contribution < -0.4 is 16.4 Å². The van der Waals surface area contributed by atoms with E-state index in [-0.39, 0.29) is 11.1 Å². The van der Waals surface area contributed by atoms with Gasteiger partial charge in [0, 0.05) is 24.3 Å². The standard InChI is InChI=1S/C14H16N4O2S.C11H11NO/c19-12-11(21-14(20)18-12)8-10-6-7-15-13(17-10)16-9-4-2-1-3-5-9;12-8-9-3-1-4-10(7-9)11-5-2-6-13-11/h6-9H,1-5H2,(H,15,16,17)(H,18,19,20);1-7H,8,12H2/b11-8-;. The van der Waals surface area contributed by atoms with E-state index < -0.39 is 0 Å². The number of furan rings is 1. The minimum atomic E-state index is -0.370. The van der Waals surface area contributed by atoms with E-state index in [1.807, 2.05) is 36.4 Å². The lowest BCUT2D eigenvalue weighted by atomic mass is 9.96. The lowest BCUT2D eigenvalue weighted by Crippen LogP contribution is -2.23. The summed E-state index contributed by atoms with van der Waals surface area (Å²) in [5.41, 5.74) is 8.36. The van der Waals surface area contributed by atoms with Crippen LogP contribution in [0, 0.1) is 0 Å². The van der Waals surface area contributed by atoms with E-state index in [0.717, 1.165) is 41.5 Å². The Morgan fingerprint density at radius 2 is 2.00 bits per heavy atom. The van der Waals surface area contributed by atoms with E-state index in [9.17, 15) is 9.59 Å². The third-order valence-electron chi connectivity index (χ3n) is 5.50. The summed E-state index contributed by atoms with van der Waals surface area (Å²) in [5, 5.41) is 5.22. The van der Waals surface area contributed by atoms with Crippen LogP contribution >= 0.6 is 11.8 Å². The maximum absolute atomic E-state index is 11.5. The van der Waals surface area contributed by atoms with Crippen LogP contribution in [-0.2, 0) is 11.3 Å². The molecule has 9 heteroatoms. The maximum Gasteiger partial charge on any atom is 0.290 e. The lowest BCUT2D eigenvalue weighted by Gasteiger charge is -2.22. The number of imide groups is 1. The quantitative estimate of drug-likeness (QED) is 0.441. The number of nitrogens with zero attached hydrogens (tertiary/aromatic N) is 2. The maximum atomic E-state index is 11.5. The van der Waals surface area contributed by atoms with Crippen molar-refractivity contribution in [3.05, 3.63) is 71.1 Å². The van der Waals surface area contributed by atoms with Crippen molar-refractivity contribution in [1.82, 2.24) is 15.3 Å². The van der Waals surface area contributed by atoms with Crippen molar-refractivity contribution in [3.8, 4) is 11.3 Å². The average Bonchev–Trinajstić information content (AvgIpc) is 3.50. The van der Waals surface area contributed by atoms with Gasteiger partial charge in [0.2, 0.25) is 5.95 Å². The molecule has 3 heterocycles. The number of nitrogens with one attached hydrogen (secondary N) is 2. The molecule has 2 aliphatic rings. The van der Waals surface area contributed by atoms with Gasteiger partial charge in [0.1, 0.15) is 5.76 Å². The van der Waals surface area contributed by atoms with Crippen molar-refractivity contribution < 1.29 is 14.0 Å². The van der Waals surface area contributed by atoms with E-state index in [1.165, 1.54) is 19.3 Å². The Morgan fingerprint density at radius 1 is 1.15 bits per heavy atom. The van der Waals surface area contributed by atoms with Crippen LogP contribution in [0.2, 0.25) is 0 Å². The molecule has 1 aliphatic heterocycles. The molecule has 0 radical (unpaired) electrons. The van der Waals surface area contributed by atoms with Gasteiger partial charge < -0.3 is 15.5 Å². The predicted octanol–water partition coefficient (Wildman–Crippen LogP) is 4.95. The van der Waals surface area contributed by atoms with E-state index in [0.29, 0.717) is 29.1 Å². The number of hydrogen-bond donors (Lipinski definition) is 3. The predicted molar refractivity (Wildman–Crippen MR) is 134 cm³/mol. The van der Waals surface area contributed by atoms with Crippen LogP contribution in [0.25, 0.3) is 17.4 Å². The smallest absolute Gasteiger partial charge is 0.290 e. The summed E-state index contributed by atoms with van der Waals surface area (Å²) >= 11 is 0.891. The van der Waals surface area contributed by atoms with Crippen LogP contribution in [0.15, 0.2) is 64.2 Å². The van der Waals surface area contributed by atoms with Gasteiger partial charge in [-0.15, -0.1) is 0 Å². The molecule has 2 fully saturated rings. The largest absolute Gasteiger partial charge is 0.464 e. The molecule has 2 amide bonds. The molecule has 0 bridgehead atoms.